The average Bonchev–Trinajstić information content (AvgIpc) is 2.22. The molecule has 0 fully saturated rings. The van der Waals surface area contributed by atoms with Crippen LogP contribution in [0, 0.1) is 5.82 Å². The summed E-state index contributed by atoms with van der Waals surface area (Å²) in [6.45, 7) is 7.41. The number of hydrogen-bond acceptors (Lipinski definition) is 2. The van der Waals surface area contributed by atoms with Crippen LogP contribution in [-0.2, 0) is 5.75 Å². The highest BCUT2D eigenvalue weighted by atomic mass is 79.9. The van der Waals surface area contributed by atoms with Crippen molar-refractivity contribution in [3.63, 3.8) is 0 Å². The van der Waals surface area contributed by atoms with E-state index in [4.69, 9.17) is 0 Å². The molecule has 0 amide bonds. The maximum atomic E-state index is 13.9. The van der Waals surface area contributed by atoms with E-state index in [2.05, 4.69) is 42.0 Å². The summed E-state index contributed by atoms with van der Waals surface area (Å²) >= 11 is 5.20. The first-order chi connectivity index (χ1) is 7.95. The van der Waals surface area contributed by atoms with Crippen molar-refractivity contribution in [3.8, 4) is 0 Å². The normalized spacial score (nSPS) is 22.3. The fraction of sp³-hybridized carbons (Fsp3) is 0.538. The van der Waals surface area contributed by atoms with Crippen molar-refractivity contribution in [2.75, 3.05) is 6.54 Å². The molecule has 0 radical (unpaired) electrons. The molecule has 4 heteroatoms. The Morgan fingerprint density at radius 1 is 1.53 bits per heavy atom. The second-order valence-electron chi connectivity index (χ2n) is 4.84. The van der Waals surface area contributed by atoms with Gasteiger partial charge in [0.1, 0.15) is 5.82 Å². The fourth-order valence-electron chi connectivity index (χ4n) is 2.31. The van der Waals surface area contributed by atoms with Crippen LogP contribution in [0.4, 0.5) is 4.39 Å². The van der Waals surface area contributed by atoms with Gasteiger partial charge in [0.2, 0.25) is 0 Å². The first kappa shape index (κ1) is 13.4. The lowest BCUT2D eigenvalue weighted by atomic mass is 9.91. The van der Waals surface area contributed by atoms with E-state index in [1.807, 2.05) is 17.8 Å². The number of halogens is 2. The number of hydrogen-bond donors (Lipinski definition) is 1. The first-order valence-corrected chi connectivity index (χ1v) is 7.58. The van der Waals surface area contributed by atoms with Crippen molar-refractivity contribution in [1.82, 2.24) is 5.32 Å². The zero-order valence-electron chi connectivity index (χ0n) is 10.3. The van der Waals surface area contributed by atoms with E-state index < -0.39 is 0 Å². The maximum absolute atomic E-state index is 13.9. The maximum Gasteiger partial charge on any atom is 0.128 e. The zero-order valence-corrected chi connectivity index (χ0v) is 12.7. The van der Waals surface area contributed by atoms with E-state index in [0.29, 0.717) is 0 Å². The Labute approximate surface area is 115 Å². The molecule has 0 bridgehead atoms. The first-order valence-electron chi connectivity index (χ1n) is 5.81. The minimum atomic E-state index is -0.0970. The molecule has 0 aliphatic carbocycles. The fourth-order valence-corrected chi connectivity index (χ4v) is 3.95. The van der Waals surface area contributed by atoms with Gasteiger partial charge in [-0.3, -0.25) is 0 Å². The second kappa shape index (κ2) is 4.90. The molecule has 1 atom stereocenters. The second-order valence-corrected chi connectivity index (χ2v) is 7.38. The van der Waals surface area contributed by atoms with Gasteiger partial charge >= 0.3 is 0 Å². The van der Waals surface area contributed by atoms with E-state index in [0.717, 1.165) is 27.9 Å². The molecule has 1 aromatic rings. The molecule has 1 unspecified atom stereocenters. The quantitative estimate of drug-likeness (QED) is 0.874. The van der Waals surface area contributed by atoms with Crippen LogP contribution < -0.4 is 5.32 Å². The lowest BCUT2D eigenvalue weighted by Gasteiger charge is -2.40. The SMILES string of the molecule is CCNC1c2cc(Br)cc(F)c2CSC1(C)C. The van der Waals surface area contributed by atoms with E-state index in [1.165, 1.54) is 0 Å². The summed E-state index contributed by atoms with van der Waals surface area (Å²) in [5.74, 6) is 0.656. The predicted molar refractivity (Wildman–Crippen MR) is 75.9 cm³/mol. The van der Waals surface area contributed by atoms with E-state index in [9.17, 15) is 4.39 Å². The molecule has 0 saturated carbocycles. The smallest absolute Gasteiger partial charge is 0.128 e. The summed E-state index contributed by atoms with van der Waals surface area (Å²) in [6, 6.07) is 3.81. The minimum absolute atomic E-state index is 0.0935. The molecule has 0 saturated heterocycles. The third-order valence-corrected chi connectivity index (χ3v) is 5.07. The lowest BCUT2D eigenvalue weighted by Crippen LogP contribution is -2.40. The molecule has 94 valence electrons. The Kier molecular flexibility index (Phi) is 3.86. The highest BCUT2D eigenvalue weighted by Crippen LogP contribution is 2.46. The monoisotopic (exact) mass is 317 g/mol. The topological polar surface area (TPSA) is 12.0 Å². The highest BCUT2D eigenvalue weighted by molar-refractivity contribution is 9.10. The molecule has 0 aromatic heterocycles. The van der Waals surface area contributed by atoms with Gasteiger partial charge in [-0.15, -0.1) is 11.8 Å². The average molecular weight is 318 g/mol. The van der Waals surface area contributed by atoms with Gasteiger partial charge in [0.15, 0.2) is 0 Å². The Balaban J connectivity index is 2.52. The van der Waals surface area contributed by atoms with Crippen LogP contribution in [0.2, 0.25) is 0 Å². The van der Waals surface area contributed by atoms with Crippen molar-refractivity contribution >= 4 is 27.7 Å². The van der Waals surface area contributed by atoms with Gasteiger partial charge in [-0.2, -0.15) is 0 Å². The largest absolute Gasteiger partial charge is 0.309 e. The molecule has 17 heavy (non-hydrogen) atoms. The summed E-state index contributed by atoms with van der Waals surface area (Å²) in [4.78, 5) is 0. The lowest BCUT2D eigenvalue weighted by molar-refractivity contribution is 0.445. The van der Waals surface area contributed by atoms with Gasteiger partial charge in [0, 0.05) is 26.6 Å². The van der Waals surface area contributed by atoms with Gasteiger partial charge in [0.05, 0.1) is 0 Å². The van der Waals surface area contributed by atoms with Crippen molar-refractivity contribution in [2.45, 2.75) is 37.3 Å². The number of thioether (sulfide) groups is 1. The van der Waals surface area contributed by atoms with E-state index in [1.54, 1.807) is 6.07 Å². The van der Waals surface area contributed by atoms with Crippen LogP contribution in [-0.4, -0.2) is 11.3 Å². The van der Waals surface area contributed by atoms with Gasteiger partial charge in [0.25, 0.3) is 0 Å². The van der Waals surface area contributed by atoms with Crippen LogP contribution in [0.3, 0.4) is 0 Å². The molecular formula is C13H17BrFNS. The van der Waals surface area contributed by atoms with Gasteiger partial charge in [-0.1, -0.05) is 22.9 Å². The Morgan fingerprint density at radius 2 is 2.24 bits per heavy atom. The molecule has 1 aliphatic heterocycles. The van der Waals surface area contributed by atoms with Crippen LogP contribution >= 0.6 is 27.7 Å². The highest BCUT2D eigenvalue weighted by Gasteiger charge is 2.37. The summed E-state index contributed by atoms with van der Waals surface area (Å²) in [6.07, 6.45) is 0. The van der Waals surface area contributed by atoms with Crippen molar-refractivity contribution < 1.29 is 4.39 Å². The van der Waals surface area contributed by atoms with Gasteiger partial charge in [-0.05, 0) is 38.1 Å². The van der Waals surface area contributed by atoms with Gasteiger partial charge in [-0.25, -0.2) is 4.39 Å². The standard InChI is InChI=1S/C13H17BrFNS/c1-4-16-12-9-5-8(14)6-11(15)10(9)7-17-13(12,2)3/h5-6,12,16H,4,7H2,1-3H3. The molecule has 1 heterocycles. The van der Waals surface area contributed by atoms with Crippen LogP contribution in [0.25, 0.3) is 0 Å². The molecule has 1 aromatic carbocycles. The molecular weight excluding hydrogens is 301 g/mol. The predicted octanol–water partition coefficient (Wildman–Crippen LogP) is 4.26. The Hall–Kier alpha value is -0.0600. The van der Waals surface area contributed by atoms with Crippen LogP contribution in [0.15, 0.2) is 16.6 Å². The molecule has 2 rings (SSSR count). The number of fused-ring (bicyclic) bond motifs is 1. The summed E-state index contributed by atoms with van der Waals surface area (Å²) in [7, 11) is 0. The zero-order chi connectivity index (χ0) is 12.6. The third-order valence-electron chi connectivity index (χ3n) is 3.20. The van der Waals surface area contributed by atoms with Crippen LogP contribution in [0.5, 0.6) is 0 Å². The molecule has 1 N–H and O–H groups in total. The summed E-state index contributed by atoms with van der Waals surface area (Å²) < 4.78 is 14.8. The number of benzene rings is 1. The van der Waals surface area contributed by atoms with Crippen molar-refractivity contribution in [1.29, 1.82) is 0 Å². The van der Waals surface area contributed by atoms with Gasteiger partial charge < -0.3 is 5.32 Å². The van der Waals surface area contributed by atoms with Crippen LogP contribution in [0.1, 0.15) is 37.9 Å². The third kappa shape index (κ3) is 2.54. The Morgan fingerprint density at radius 3 is 2.88 bits per heavy atom. The molecule has 1 aliphatic rings. The van der Waals surface area contributed by atoms with E-state index >= 15 is 0 Å². The molecule has 1 nitrogen and oxygen atoms in total. The van der Waals surface area contributed by atoms with E-state index in [-0.39, 0.29) is 16.6 Å². The van der Waals surface area contributed by atoms with Crippen molar-refractivity contribution in [3.05, 3.63) is 33.5 Å². The summed E-state index contributed by atoms with van der Waals surface area (Å²) in [5, 5.41) is 3.48. The minimum Gasteiger partial charge on any atom is -0.309 e. The Bertz CT molecular complexity index is 434. The molecule has 0 spiro atoms. The number of rotatable bonds is 2. The van der Waals surface area contributed by atoms with Crippen molar-refractivity contribution in [2.24, 2.45) is 0 Å². The number of nitrogens with one attached hydrogen (secondary N) is 1. The summed E-state index contributed by atoms with van der Waals surface area (Å²) in [5.41, 5.74) is 1.95.